The van der Waals surface area contributed by atoms with Gasteiger partial charge in [0.1, 0.15) is 17.2 Å². The summed E-state index contributed by atoms with van der Waals surface area (Å²) in [6.07, 6.45) is 0. The van der Waals surface area contributed by atoms with Gasteiger partial charge in [-0.15, -0.1) is 0 Å². The maximum atomic E-state index is 12.4. The maximum Gasteiger partial charge on any atom is 0.387 e. The molecule has 0 fully saturated rings. The van der Waals surface area contributed by atoms with Gasteiger partial charge in [-0.3, -0.25) is 20.0 Å². The lowest BCUT2D eigenvalue weighted by Crippen LogP contribution is -2.13. The molecule has 3 aromatic rings. The van der Waals surface area contributed by atoms with E-state index in [9.17, 15) is 23.7 Å². The molecule has 1 heterocycles. The molecule has 0 bridgehead atoms. The Labute approximate surface area is 162 Å². The Balaban J connectivity index is 1.75. The number of nitro groups is 1. The van der Waals surface area contributed by atoms with Gasteiger partial charge in [0.25, 0.3) is 11.6 Å². The summed E-state index contributed by atoms with van der Waals surface area (Å²) >= 11 is 0. The predicted molar refractivity (Wildman–Crippen MR) is 98.3 cm³/mol. The highest BCUT2D eigenvalue weighted by molar-refractivity contribution is 6.04. The Morgan fingerprint density at radius 3 is 2.55 bits per heavy atom. The second kappa shape index (κ2) is 8.33. The molecule has 0 spiro atoms. The molecule has 0 radical (unpaired) electrons. The number of hydrogen-bond acceptors (Lipinski definition) is 6. The van der Waals surface area contributed by atoms with Crippen molar-refractivity contribution in [3.05, 3.63) is 64.3 Å². The molecule has 150 valence electrons. The first kappa shape index (κ1) is 19.7. The normalized spacial score (nSPS) is 10.6. The summed E-state index contributed by atoms with van der Waals surface area (Å²) in [4.78, 5) is 22.7. The Kier molecular flexibility index (Phi) is 5.67. The minimum atomic E-state index is -2.92. The molecule has 29 heavy (non-hydrogen) atoms. The molecule has 1 amide bonds. The van der Waals surface area contributed by atoms with Gasteiger partial charge in [0.2, 0.25) is 0 Å². The third kappa shape index (κ3) is 4.64. The Bertz CT molecular complexity index is 1040. The van der Waals surface area contributed by atoms with E-state index < -0.39 is 17.4 Å². The lowest BCUT2D eigenvalue weighted by Gasteiger charge is -2.09. The first-order valence-corrected chi connectivity index (χ1v) is 8.12. The number of aromatic amines is 1. The van der Waals surface area contributed by atoms with Crippen LogP contribution in [0.3, 0.4) is 0 Å². The molecule has 0 aliphatic carbocycles. The summed E-state index contributed by atoms with van der Waals surface area (Å²) in [6.45, 7) is -2.92. The van der Waals surface area contributed by atoms with Crippen LogP contribution in [0.25, 0.3) is 11.3 Å². The van der Waals surface area contributed by atoms with Gasteiger partial charge < -0.3 is 14.8 Å². The van der Waals surface area contributed by atoms with Gasteiger partial charge >= 0.3 is 6.61 Å². The van der Waals surface area contributed by atoms with Gasteiger partial charge in [-0.25, -0.2) is 0 Å². The highest BCUT2D eigenvalue weighted by Crippen LogP contribution is 2.29. The van der Waals surface area contributed by atoms with E-state index in [1.807, 2.05) is 0 Å². The van der Waals surface area contributed by atoms with E-state index in [4.69, 9.17) is 4.74 Å². The third-order valence-corrected chi connectivity index (χ3v) is 3.84. The Hall–Kier alpha value is -4.02. The molecule has 11 heteroatoms. The molecule has 0 unspecified atom stereocenters. The maximum absolute atomic E-state index is 12.4. The highest BCUT2D eigenvalue weighted by atomic mass is 19.3. The summed E-state index contributed by atoms with van der Waals surface area (Å²) < 4.78 is 33.8. The number of carbonyl (C=O) groups is 1. The summed E-state index contributed by atoms with van der Waals surface area (Å²) in [6, 6.07) is 11.0. The van der Waals surface area contributed by atoms with Crippen molar-refractivity contribution < 1.29 is 28.0 Å². The molecule has 1 aromatic heterocycles. The van der Waals surface area contributed by atoms with Crippen LogP contribution < -0.4 is 14.8 Å². The van der Waals surface area contributed by atoms with Crippen LogP contribution in [0.1, 0.15) is 10.5 Å². The van der Waals surface area contributed by atoms with Crippen molar-refractivity contribution in [3.8, 4) is 22.8 Å². The second-order valence-electron chi connectivity index (χ2n) is 5.67. The van der Waals surface area contributed by atoms with E-state index >= 15 is 0 Å². The van der Waals surface area contributed by atoms with Crippen molar-refractivity contribution in [2.75, 3.05) is 12.4 Å². The molecule has 3 rings (SSSR count). The van der Waals surface area contributed by atoms with E-state index in [-0.39, 0.29) is 28.6 Å². The minimum Gasteiger partial charge on any atom is -0.494 e. The molecule has 0 aliphatic rings. The monoisotopic (exact) mass is 404 g/mol. The number of benzene rings is 2. The molecule has 2 N–H and O–H groups in total. The summed E-state index contributed by atoms with van der Waals surface area (Å²) in [5, 5.41) is 20.0. The fraction of sp³-hybridized carbons (Fsp3) is 0.111. The number of hydrogen-bond donors (Lipinski definition) is 2. The van der Waals surface area contributed by atoms with Crippen molar-refractivity contribution in [2.45, 2.75) is 6.61 Å². The largest absolute Gasteiger partial charge is 0.494 e. The predicted octanol–water partition coefficient (Wildman–Crippen LogP) is 3.85. The van der Waals surface area contributed by atoms with Crippen molar-refractivity contribution in [2.24, 2.45) is 0 Å². The van der Waals surface area contributed by atoms with Crippen molar-refractivity contribution >= 4 is 17.3 Å². The molecular formula is C18H14F2N4O5. The van der Waals surface area contributed by atoms with Gasteiger partial charge in [-0.1, -0.05) is 0 Å². The number of nitro benzene ring substituents is 1. The Morgan fingerprint density at radius 1 is 1.21 bits per heavy atom. The van der Waals surface area contributed by atoms with Crippen LogP contribution in [0, 0.1) is 10.1 Å². The number of halogens is 2. The number of carbonyl (C=O) groups excluding carboxylic acids is 1. The topological polar surface area (TPSA) is 119 Å². The van der Waals surface area contributed by atoms with Crippen molar-refractivity contribution in [1.82, 2.24) is 10.2 Å². The van der Waals surface area contributed by atoms with Crippen LogP contribution >= 0.6 is 0 Å². The average molecular weight is 404 g/mol. The van der Waals surface area contributed by atoms with E-state index in [2.05, 4.69) is 20.3 Å². The molecule has 2 aromatic carbocycles. The van der Waals surface area contributed by atoms with Gasteiger partial charge in [-0.2, -0.15) is 13.9 Å². The minimum absolute atomic E-state index is 0.00233. The zero-order valence-corrected chi connectivity index (χ0v) is 14.9. The zero-order chi connectivity index (χ0) is 21.0. The average Bonchev–Trinajstić information content (AvgIpc) is 3.18. The first-order chi connectivity index (χ1) is 13.9. The quantitative estimate of drug-likeness (QED) is 0.456. The molecular weight excluding hydrogens is 390 g/mol. The number of anilines is 1. The number of amides is 1. The molecule has 0 saturated heterocycles. The summed E-state index contributed by atoms with van der Waals surface area (Å²) in [7, 11) is 1.32. The SMILES string of the molecule is COc1cc([N+](=O)[O-])ccc1NC(=O)c1cc(-c2ccc(OC(F)F)cc2)n[nH]1. The molecule has 0 saturated carbocycles. The van der Waals surface area contributed by atoms with Gasteiger partial charge in [0, 0.05) is 11.6 Å². The van der Waals surface area contributed by atoms with E-state index in [0.717, 1.165) is 0 Å². The summed E-state index contributed by atoms with van der Waals surface area (Å²) in [5.41, 5.74) is 1.17. The fourth-order valence-electron chi connectivity index (χ4n) is 2.48. The lowest BCUT2D eigenvalue weighted by atomic mass is 10.1. The number of aromatic nitrogens is 2. The van der Waals surface area contributed by atoms with E-state index in [1.165, 1.54) is 55.6 Å². The Morgan fingerprint density at radius 2 is 1.93 bits per heavy atom. The number of H-pyrrole nitrogens is 1. The van der Waals surface area contributed by atoms with E-state index in [0.29, 0.717) is 11.3 Å². The number of methoxy groups -OCH3 is 1. The fourth-order valence-corrected chi connectivity index (χ4v) is 2.48. The summed E-state index contributed by atoms with van der Waals surface area (Å²) in [5.74, 6) is -0.419. The molecule has 0 atom stereocenters. The van der Waals surface area contributed by atoms with Crippen LogP contribution in [0.15, 0.2) is 48.5 Å². The van der Waals surface area contributed by atoms with Gasteiger partial charge in [0.15, 0.2) is 0 Å². The van der Waals surface area contributed by atoms with Crippen LogP contribution in [0.2, 0.25) is 0 Å². The lowest BCUT2D eigenvalue weighted by molar-refractivity contribution is -0.384. The number of nitrogens with zero attached hydrogens (tertiary/aromatic N) is 2. The van der Waals surface area contributed by atoms with E-state index in [1.54, 1.807) is 0 Å². The van der Waals surface area contributed by atoms with Gasteiger partial charge in [-0.05, 0) is 36.4 Å². The molecule has 9 nitrogen and oxygen atoms in total. The van der Waals surface area contributed by atoms with Crippen LogP contribution in [-0.2, 0) is 0 Å². The standard InChI is InChI=1S/C18H14F2N4O5/c1-28-16-8-11(24(26)27)4-7-13(16)21-17(25)15-9-14(22-23-15)10-2-5-12(6-3-10)29-18(19)20/h2-9,18H,1H3,(H,21,25)(H,22,23). The van der Waals surface area contributed by atoms with Crippen molar-refractivity contribution in [1.29, 1.82) is 0 Å². The van der Waals surface area contributed by atoms with Crippen LogP contribution in [-0.4, -0.2) is 34.7 Å². The molecule has 0 aliphatic heterocycles. The van der Waals surface area contributed by atoms with Crippen molar-refractivity contribution in [3.63, 3.8) is 0 Å². The second-order valence-corrected chi connectivity index (χ2v) is 5.67. The highest BCUT2D eigenvalue weighted by Gasteiger charge is 2.16. The van der Waals surface area contributed by atoms with Gasteiger partial charge in [0.05, 0.1) is 29.5 Å². The smallest absolute Gasteiger partial charge is 0.387 e. The van der Waals surface area contributed by atoms with Crippen LogP contribution in [0.5, 0.6) is 11.5 Å². The number of alkyl halides is 2. The zero-order valence-electron chi connectivity index (χ0n) is 14.9. The number of non-ortho nitro benzene ring substituents is 1. The third-order valence-electron chi connectivity index (χ3n) is 3.84. The number of rotatable bonds is 7. The van der Waals surface area contributed by atoms with Crippen LogP contribution in [0.4, 0.5) is 20.2 Å². The number of nitrogens with one attached hydrogen (secondary N) is 2. The number of ether oxygens (including phenoxy) is 2. The first-order valence-electron chi connectivity index (χ1n) is 8.12.